The summed E-state index contributed by atoms with van der Waals surface area (Å²) in [5.74, 6) is 1.33. The highest BCUT2D eigenvalue weighted by Gasteiger charge is 2.15. The summed E-state index contributed by atoms with van der Waals surface area (Å²) in [5.41, 5.74) is 3.44. The van der Waals surface area contributed by atoms with Crippen LogP contribution in [0.15, 0.2) is 0 Å². The van der Waals surface area contributed by atoms with Gasteiger partial charge in [0.15, 0.2) is 4.77 Å². The Bertz CT molecular complexity index is 617. The molecule has 0 atom stereocenters. The molecular formula is C12H19N5S. The lowest BCUT2D eigenvalue weighted by atomic mass is 10.1. The fourth-order valence-electron chi connectivity index (χ4n) is 2.13. The van der Waals surface area contributed by atoms with E-state index in [1.54, 1.807) is 0 Å². The molecule has 6 heteroatoms. The number of hydrogen-bond donors (Lipinski definition) is 1. The molecule has 98 valence electrons. The molecule has 18 heavy (non-hydrogen) atoms. The van der Waals surface area contributed by atoms with Crippen molar-refractivity contribution in [2.24, 2.45) is 7.05 Å². The molecule has 0 amide bonds. The number of aromatic nitrogens is 5. The molecule has 2 aromatic heterocycles. The zero-order valence-electron chi connectivity index (χ0n) is 11.5. The third-order valence-electron chi connectivity index (χ3n) is 3.28. The maximum absolute atomic E-state index is 5.30. The third kappa shape index (κ3) is 2.12. The van der Waals surface area contributed by atoms with Crippen molar-refractivity contribution in [3.05, 3.63) is 27.5 Å². The van der Waals surface area contributed by atoms with E-state index in [1.807, 2.05) is 18.7 Å². The Morgan fingerprint density at radius 3 is 2.50 bits per heavy atom. The van der Waals surface area contributed by atoms with E-state index in [2.05, 4.69) is 40.6 Å². The average molecular weight is 265 g/mol. The summed E-state index contributed by atoms with van der Waals surface area (Å²) in [6.07, 6.45) is 0. The third-order valence-corrected chi connectivity index (χ3v) is 3.59. The number of H-pyrrole nitrogens is 1. The Kier molecular flexibility index (Phi) is 3.38. The summed E-state index contributed by atoms with van der Waals surface area (Å²) in [6, 6.07) is 0. The normalized spacial score (nSPS) is 11.4. The molecule has 2 rings (SSSR count). The largest absolute Gasteiger partial charge is 0.299 e. The molecule has 1 N–H and O–H groups in total. The van der Waals surface area contributed by atoms with E-state index in [-0.39, 0.29) is 0 Å². The summed E-state index contributed by atoms with van der Waals surface area (Å²) in [7, 11) is 1.96. The van der Waals surface area contributed by atoms with Gasteiger partial charge in [0.1, 0.15) is 5.82 Å². The van der Waals surface area contributed by atoms with Crippen molar-refractivity contribution in [3.63, 3.8) is 0 Å². The molecule has 0 aliphatic rings. The Morgan fingerprint density at radius 2 is 2.00 bits per heavy atom. The number of aromatic amines is 1. The predicted molar refractivity (Wildman–Crippen MR) is 73.3 cm³/mol. The standard InChI is InChI=1S/C12H19N5S/c1-7(2)11-13-14-12(18)17(11)6-10-8(3)15-16(5)9(10)4/h7H,6H2,1-5H3,(H,14,18). The Balaban J connectivity index is 2.46. The second kappa shape index (κ2) is 4.68. The first-order valence-electron chi connectivity index (χ1n) is 6.06. The van der Waals surface area contributed by atoms with Gasteiger partial charge in [0.05, 0.1) is 12.2 Å². The van der Waals surface area contributed by atoms with E-state index in [0.717, 1.165) is 18.1 Å². The molecule has 0 aromatic carbocycles. The van der Waals surface area contributed by atoms with Gasteiger partial charge >= 0.3 is 0 Å². The second-order valence-corrected chi connectivity index (χ2v) is 5.29. The molecule has 0 fully saturated rings. The molecule has 5 nitrogen and oxygen atoms in total. The molecule has 0 radical (unpaired) electrons. The summed E-state index contributed by atoms with van der Waals surface area (Å²) in [6.45, 7) is 9.07. The molecule has 2 heterocycles. The first kappa shape index (κ1) is 13.0. The van der Waals surface area contributed by atoms with E-state index in [9.17, 15) is 0 Å². The van der Waals surface area contributed by atoms with Crippen LogP contribution in [-0.2, 0) is 13.6 Å². The molecule has 0 saturated carbocycles. The molecule has 0 aliphatic carbocycles. The first-order valence-corrected chi connectivity index (χ1v) is 6.46. The van der Waals surface area contributed by atoms with Crippen LogP contribution < -0.4 is 0 Å². The van der Waals surface area contributed by atoms with Crippen molar-refractivity contribution in [2.45, 2.75) is 40.2 Å². The van der Waals surface area contributed by atoms with Crippen LogP contribution in [0.1, 0.15) is 42.5 Å². The number of aryl methyl sites for hydroxylation is 2. The predicted octanol–water partition coefficient (Wildman–Crippen LogP) is 2.46. The highest BCUT2D eigenvalue weighted by Crippen LogP contribution is 2.18. The Hall–Kier alpha value is -1.43. The van der Waals surface area contributed by atoms with Crippen molar-refractivity contribution in [1.82, 2.24) is 24.5 Å². The number of nitrogens with one attached hydrogen (secondary N) is 1. The minimum atomic E-state index is 0.343. The first-order chi connectivity index (χ1) is 8.41. The lowest BCUT2D eigenvalue weighted by Gasteiger charge is -2.09. The quantitative estimate of drug-likeness (QED) is 0.867. The number of rotatable bonds is 3. The zero-order chi connectivity index (χ0) is 13.4. The maximum Gasteiger partial charge on any atom is 0.195 e. The molecule has 2 aromatic rings. The van der Waals surface area contributed by atoms with Gasteiger partial charge in [-0.15, -0.1) is 0 Å². The van der Waals surface area contributed by atoms with Crippen LogP contribution in [0.2, 0.25) is 0 Å². The SMILES string of the molecule is Cc1nn(C)c(C)c1Cn1c(C(C)C)n[nH]c1=S. The lowest BCUT2D eigenvalue weighted by molar-refractivity contribution is 0.659. The fourth-order valence-corrected chi connectivity index (χ4v) is 2.33. The molecule has 0 bridgehead atoms. The van der Waals surface area contributed by atoms with E-state index >= 15 is 0 Å². The summed E-state index contributed by atoms with van der Waals surface area (Å²) < 4.78 is 4.63. The molecule has 0 aliphatic heterocycles. The van der Waals surface area contributed by atoms with Gasteiger partial charge in [-0.1, -0.05) is 13.8 Å². The van der Waals surface area contributed by atoms with E-state index in [4.69, 9.17) is 12.2 Å². The smallest absolute Gasteiger partial charge is 0.195 e. The molecule has 0 spiro atoms. The lowest BCUT2D eigenvalue weighted by Crippen LogP contribution is -2.08. The zero-order valence-corrected chi connectivity index (χ0v) is 12.3. The summed E-state index contributed by atoms with van der Waals surface area (Å²) >= 11 is 5.30. The van der Waals surface area contributed by atoms with Crippen LogP contribution >= 0.6 is 12.2 Å². The van der Waals surface area contributed by atoms with Gasteiger partial charge in [-0.25, -0.2) is 0 Å². The van der Waals surface area contributed by atoms with Gasteiger partial charge in [-0.05, 0) is 26.1 Å². The van der Waals surface area contributed by atoms with Crippen molar-refractivity contribution < 1.29 is 0 Å². The molecule has 0 unspecified atom stereocenters. The van der Waals surface area contributed by atoms with Gasteiger partial charge in [-0.3, -0.25) is 14.3 Å². The number of nitrogens with zero attached hydrogens (tertiary/aromatic N) is 4. The minimum Gasteiger partial charge on any atom is -0.299 e. The average Bonchev–Trinajstić information content (AvgIpc) is 2.76. The van der Waals surface area contributed by atoms with Gasteiger partial charge in [-0.2, -0.15) is 10.2 Å². The molecule has 0 saturated heterocycles. The van der Waals surface area contributed by atoms with Crippen molar-refractivity contribution in [3.8, 4) is 0 Å². The van der Waals surface area contributed by atoms with E-state index in [0.29, 0.717) is 10.7 Å². The topological polar surface area (TPSA) is 51.4 Å². The van der Waals surface area contributed by atoms with E-state index < -0.39 is 0 Å². The van der Waals surface area contributed by atoms with Crippen LogP contribution in [0.25, 0.3) is 0 Å². The fraction of sp³-hybridized carbons (Fsp3) is 0.583. The minimum absolute atomic E-state index is 0.343. The van der Waals surface area contributed by atoms with E-state index in [1.165, 1.54) is 11.3 Å². The Labute approximate surface area is 112 Å². The van der Waals surface area contributed by atoms with Gasteiger partial charge in [0.25, 0.3) is 0 Å². The van der Waals surface area contributed by atoms with Crippen LogP contribution in [-0.4, -0.2) is 24.5 Å². The maximum atomic E-state index is 5.30. The van der Waals surface area contributed by atoms with Crippen LogP contribution in [0.5, 0.6) is 0 Å². The summed E-state index contributed by atoms with van der Waals surface area (Å²) in [5, 5.41) is 11.6. The van der Waals surface area contributed by atoms with Crippen molar-refractivity contribution in [2.75, 3.05) is 0 Å². The van der Waals surface area contributed by atoms with Gasteiger partial charge in [0, 0.05) is 24.2 Å². The highest BCUT2D eigenvalue weighted by atomic mass is 32.1. The van der Waals surface area contributed by atoms with Crippen LogP contribution in [0, 0.1) is 18.6 Å². The second-order valence-electron chi connectivity index (χ2n) is 4.90. The van der Waals surface area contributed by atoms with Gasteiger partial charge < -0.3 is 0 Å². The van der Waals surface area contributed by atoms with Crippen LogP contribution in [0.3, 0.4) is 0 Å². The monoisotopic (exact) mass is 265 g/mol. The summed E-state index contributed by atoms with van der Waals surface area (Å²) in [4.78, 5) is 0. The Morgan fingerprint density at radius 1 is 1.33 bits per heavy atom. The van der Waals surface area contributed by atoms with Crippen molar-refractivity contribution >= 4 is 12.2 Å². The highest BCUT2D eigenvalue weighted by molar-refractivity contribution is 7.71. The molecular weight excluding hydrogens is 246 g/mol. The van der Waals surface area contributed by atoms with Crippen LogP contribution in [0.4, 0.5) is 0 Å². The van der Waals surface area contributed by atoms with Gasteiger partial charge in [0.2, 0.25) is 0 Å². The van der Waals surface area contributed by atoms with Crippen molar-refractivity contribution in [1.29, 1.82) is 0 Å². The number of hydrogen-bond acceptors (Lipinski definition) is 3.